The molecule has 1 aliphatic carbocycles. The Kier molecular flexibility index (Phi) is 4.73. The van der Waals surface area contributed by atoms with Gasteiger partial charge in [-0.15, -0.1) is 0 Å². The lowest BCUT2D eigenvalue weighted by molar-refractivity contribution is 0.155. The molecule has 1 atom stereocenters. The monoisotopic (exact) mass is 200 g/mol. The third-order valence-corrected chi connectivity index (χ3v) is 2.92. The summed E-state index contributed by atoms with van der Waals surface area (Å²) in [5, 5.41) is 3.35. The van der Waals surface area contributed by atoms with Gasteiger partial charge in [-0.2, -0.15) is 0 Å². The molecule has 1 unspecified atom stereocenters. The highest BCUT2D eigenvalue weighted by molar-refractivity contribution is 5.64. The van der Waals surface area contributed by atoms with Gasteiger partial charge in [0.1, 0.15) is 6.61 Å². The molecule has 0 heterocycles. The quantitative estimate of drug-likeness (QED) is 0.656. The van der Waals surface area contributed by atoms with Gasteiger partial charge < -0.3 is 15.8 Å². The smallest absolute Gasteiger partial charge is 0.404 e. The normalized spacial score (nSPS) is 19.5. The van der Waals surface area contributed by atoms with Gasteiger partial charge in [0.25, 0.3) is 0 Å². The number of nitrogens with one attached hydrogen (secondary N) is 1. The second-order valence-corrected chi connectivity index (χ2v) is 3.95. The van der Waals surface area contributed by atoms with Gasteiger partial charge in [0.05, 0.1) is 0 Å². The Morgan fingerprint density at radius 2 is 2.21 bits per heavy atom. The minimum atomic E-state index is -0.694. The molecule has 3 N–H and O–H groups in total. The van der Waals surface area contributed by atoms with Crippen molar-refractivity contribution < 1.29 is 9.53 Å². The predicted molar refractivity (Wildman–Crippen MR) is 55.0 cm³/mol. The van der Waals surface area contributed by atoms with E-state index in [1.807, 2.05) is 0 Å². The maximum absolute atomic E-state index is 10.3. The van der Waals surface area contributed by atoms with E-state index in [2.05, 4.69) is 17.0 Å². The molecule has 1 saturated carbocycles. The topological polar surface area (TPSA) is 64.3 Å². The molecule has 1 fully saturated rings. The molecule has 1 amide bonds. The van der Waals surface area contributed by atoms with Crippen LogP contribution in [0.3, 0.4) is 0 Å². The first-order valence-corrected chi connectivity index (χ1v) is 5.36. The molecule has 0 radical (unpaired) electrons. The van der Waals surface area contributed by atoms with Gasteiger partial charge in [-0.3, -0.25) is 0 Å². The van der Waals surface area contributed by atoms with Crippen molar-refractivity contribution in [2.24, 2.45) is 11.7 Å². The molecule has 1 aliphatic rings. The Morgan fingerprint density at radius 3 is 2.79 bits per heavy atom. The Hall–Kier alpha value is -0.770. The van der Waals surface area contributed by atoms with Crippen LogP contribution >= 0.6 is 0 Å². The summed E-state index contributed by atoms with van der Waals surface area (Å²) in [6.45, 7) is 3.26. The average Bonchev–Trinajstić information content (AvgIpc) is 2.64. The Bertz CT molecular complexity index is 179. The number of ether oxygens (including phenoxy) is 1. The second-order valence-electron chi connectivity index (χ2n) is 3.95. The average molecular weight is 200 g/mol. The summed E-state index contributed by atoms with van der Waals surface area (Å²) >= 11 is 0. The van der Waals surface area contributed by atoms with Gasteiger partial charge in [0.2, 0.25) is 0 Å². The van der Waals surface area contributed by atoms with Gasteiger partial charge in [0, 0.05) is 12.6 Å². The fraction of sp³-hybridized carbons (Fsp3) is 0.900. The number of primary amides is 1. The lowest BCUT2D eigenvalue weighted by atomic mass is 10.00. The van der Waals surface area contributed by atoms with E-state index < -0.39 is 6.09 Å². The SMILES string of the molecule is CC(NCCOC(N)=O)C1CCCC1. The molecule has 0 aromatic heterocycles. The van der Waals surface area contributed by atoms with Crippen molar-refractivity contribution in [3.8, 4) is 0 Å². The third-order valence-electron chi connectivity index (χ3n) is 2.92. The summed E-state index contributed by atoms with van der Waals surface area (Å²) in [4.78, 5) is 10.3. The van der Waals surface area contributed by atoms with E-state index >= 15 is 0 Å². The fourth-order valence-electron chi connectivity index (χ4n) is 2.06. The number of amides is 1. The minimum absolute atomic E-state index is 0.367. The third kappa shape index (κ3) is 3.96. The molecule has 14 heavy (non-hydrogen) atoms. The molecule has 0 spiro atoms. The molecule has 0 bridgehead atoms. The van der Waals surface area contributed by atoms with Crippen molar-refractivity contribution in [2.45, 2.75) is 38.6 Å². The first-order valence-electron chi connectivity index (χ1n) is 5.36. The predicted octanol–water partition coefficient (Wildman–Crippen LogP) is 1.25. The van der Waals surface area contributed by atoms with E-state index in [9.17, 15) is 4.79 Å². The van der Waals surface area contributed by atoms with Crippen molar-refractivity contribution in [2.75, 3.05) is 13.2 Å². The highest BCUT2D eigenvalue weighted by atomic mass is 16.5. The molecular formula is C10H20N2O2. The zero-order valence-corrected chi connectivity index (χ0v) is 8.79. The second kappa shape index (κ2) is 5.86. The van der Waals surface area contributed by atoms with Crippen LogP contribution in [-0.2, 0) is 4.74 Å². The van der Waals surface area contributed by atoms with Crippen molar-refractivity contribution in [1.29, 1.82) is 0 Å². The molecule has 0 aromatic carbocycles. The fourth-order valence-corrected chi connectivity index (χ4v) is 2.06. The van der Waals surface area contributed by atoms with Crippen LogP contribution in [0, 0.1) is 5.92 Å². The minimum Gasteiger partial charge on any atom is -0.448 e. The van der Waals surface area contributed by atoms with Crippen molar-refractivity contribution in [3.63, 3.8) is 0 Å². The molecule has 4 heteroatoms. The maximum Gasteiger partial charge on any atom is 0.404 e. The number of nitrogens with two attached hydrogens (primary N) is 1. The van der Waals surface area contributed by atoms with Gasteiger partial charge >= 0.3 is 6.09 Å². The number of carbonyl (C=O) groups excluding carboxylic acids is 1. The Balaban J connectivity index is 2.02. The Morgan fingerprint density at radius 1 is 1.57 bits per heavy atom. The lowest BCUT2D eigenvalue weighted by Gasteiger charge is -2.19. The summed E-state index contributed by atoms with van der Waals surface area (Å²) in [6, 6.07) is 0.522. The van der Waals surface area contributed by atoms with Crippen LogP contribution in [0.25, 0.3) is 0 Å². The largest absolute Gasteiger partial charge is 0.448 e. The van der Waals surface area contributed by atoms with Crippen molar-refractivity contribution >= 4 is 6.09 Å². The number of hydrogen-bond acceptors (Lipinski definition) is 3. The van der Waals surface area contributed by atoms with Crippen LogP contribution in [0.4, 0.5) is 4.79 Å². The van der Waals surface area contributed by atoms with E-state index in [0.29, 0.717) is 19.2 Å². The van der Waals surface area contributed by atoms with E-state index in [0.717, 1.165) is 5.92 Å². The molecule has 0 aliphatic heterocycles. The summed E-state index contributed by atoms with van der Waals surface area (Å²) in [5.41, 5.74) is 4.84. The van der Waals surface area contributed by atoms with E-state index in [-0.39, 0.29) is 0 Å². The molecule has 1 rings (SSSR count). The summed E-state index contributed by atoms with van der Waals surface area (Å²) < 4.78 is 4.63. The summed E-state index contributed by atoms with van der Waals surface area (Å²) in [7, 11) is 0. The number of rotatable bonds is 5. The van der Waals surface area contributed by atoms with Gasteiger partial charge in [0.15, 0.2) is 0 Å². The standard InChI is InChI=1S/C10H20N2O2/c1-8(9-4-2-3-5-9)12-6-7-14-10(11)13/h8-9,12H,2-7H2,1H3,(H2,11,13). The summed E-state index contributed by atoms with van der Waals surface area (Å²) in [5.74, 6) is 0.795. The number of hydrogen-bond donors (Lipinski definition) is 2. The molecule has 0 aromatic rings. The van der Waals surface area contributed by atoms with Gasteiger partial charge in [-0.05, 0) is 25.7 Å². The molecular weight excluding hydrogens is 180 g/mol. The van der Waals surface area contributed by atoms with E-state index in [1.165, 1.54) is 25.7 Å². The zero-order valence-electron chi connectivity index (χ0n) is 8.79. The first-order chi connectivity index (χ1) is 6.70. The highest BCUT2D eigenvalue weighted by Crippen LogP contribution is 2.27. The van der Waals surface area contributed by atoms with Crippen molar-refractivity contribution in [1.82, 2.24) is 5.32 Å². The highest BCUT2D eigenvalue weighted by Gasteiger charge is 2.20. The van der Waals surface area contributed by atoms with Crippen molar-refractivity contribution in [3.05, 3.63) is 0 Å². The maximum atomic E-state index is 10.3. The van der Waals surface area contributed by atoms with Crippen LogP contribution < -0.4 is 11.1 Å². The number of carbonyl (C=O) groups is 1. The molecule has 82 valence electrons. The van der Waals surface area contributed by atoms with Gasteiger partial charge in [-0.25, -0.2) is 4.79 Å². The lowest BCUT2D eigenvalue weighted by Crippen LogP contribution is -2.35. The molecule has 0 saturated heterocycles. The summed E-state index contributed by atoms with van der Waals surface area (Å²) in [6.07, 6.45) is 4.67. The van der Waals surface area contributed by atoms with Crippen LogP contribution in [0.1, 0.15) is 32.6 Å². The van der Waals surface area contributed by atoms with Crippen LogP contribution in [0.15, 0.2) is 0 Å². The first kappa shape index (κ1) is 11.3. The van der Waals surface area contributed by atoms with Crippen LogP contribution in [-0.4, -0.2) is 25.3 Å². The van der Waals surface area contributed by atoms with E-state index in [1.54, 1.807) is 0 Å². The van der Waals surface area contributed by atoms with E-state index in [4.69, 9.17) is 5.73 Å². The molecule has 4 nitrogen and oxygen atoms in total. The van der Waals surface area contributed by atoms with Crippen LogP contribution in [0.2, 0.25) is 0 Å². The van der Waals surface area contributed by atoms with Gasteiger partial charge in [-0.1, -0.05) is 12.8 Å². The zero-order chi connectivity index (χ0) is 10.4. The van der Waals surface area contributed by atoms with Crippen LogP contribution in [0.5, 0.6) is 0 Å². The Labute approximate surface area is 85.2 Å².